The fourth-order valence-corrected chi connectivity index (χ4v) is 7.10. The van der Waals surface area contributed by atoms with Crippen molar-refractivity contribution in [1.29, 1.82) is 0 Å². The van der Waals surface area contributed by atoms with Crippen molar-refractivity contribution >= 4 is 61.2 Å². The molecule has 45 heavy (non-hydrogen) atoms. The number of allylic oxidation sites excluding steroid dienone is 2. The number of aliphatic carboxylic acids is 2. The summed E-state index contributed by atoms with van der Waals surface area (Å²) in [5.41, 5.74) is 7.95. The van der Waals surface area contributed by atoms with Gasteiger partial charge < -0.3 is 31.1 Å². The maximum absolute atomic E-state index is 12.6. The molecule has 4 rings (SSSR count). The molecule has 1 fully saturated rings. The van der Waals surface area contributed by atoms with Gasteiger partial charge in [0, 0.05) is 58.4 Å². The zero-order valence-electron chi connectivity index (χ0n) is 26.0. The summed E-state index contributed by atoms with van der Waals surface area (Å²) < 4.78 is 0. The second kappa shape index (κ2) is 14.2. The predicted molar refractivity (Wildman–Crippen MR) is 181 cm³/mol. The number of carbonyl (C=O) groups is 4. The van der Waals surface area contributed by atoms with Gasteiger partial charge in [-0.2, -0.15) is 12.6 Å². The summed E-state index contributed by atoms with van der Waals surface area (Å²) in [5, 5.41) is 28.5. The number of rotatable bonds is 13. The van der Waals surface area contributed by atoms with Crippen LogP contribution in [0.4, 0.5) is 0 Å². The minimum Gasteiger partial charge on any atom is -0.481 e. The van der Waals surface area contributed by atoms with Crippen LogP contribution in [0.3, 0.4) is 0 Å². The molecule has 10 nitrogen and oxygen atoms in total. The molecule has 0 aromatic carbocycles. The van der Waals surface area contributed by atoms with Crippen LogP contribution in [0, 0.1) is 18.8 Å². The van der Waals surface area contributed by atoms with Crippen LogP contribution in [0.2, 0.25) is 0 Å². The van der Waals surface area contributed by atoms with Crippen molar-refractivity contribution in [3.8, 4) is 0 Å². The maximum Gasteiger partial charge on any atom is 0.303 e. The van der Waals surface area contributed by atoms with E-state index in [-0.39, 0.29) is 55.0 Å². The third-order valence-corrected chi connectivity index (χ3v) is 9.69. The van der Waals surface area contributed by atoms with E-state index in [0.29, 0.717) is 34.8 Å². The lowest BCUT2D eigenvalue weighted by Gasteiger charge is -2.20. The number of hydrogen-bond acceptors (Lipinski definition) is 7. The number of carboxylic acid groups (broad SMARTS) is 2. The first-order chi connectivity index (χ1) is 21.2. The highest BCUT2D eigenvalue weighted by Crippen LogP contribution is 2.36. The third kappa shape index (κ3) is 7.44. The lowest BCUT2D eigenvalue weighted by Crippen LogP contribution is -2.36. The topological polar surface area (TPSA) is 161 Å². The molecule has 0 bridgehead atoms. The number of amides is 2. The Morgan fingerprint density at radius 1 is 0.956 bits per heavy atom. The average molecular weight is 655 g/mol. The summed E-state index contributed by atoms with van der Waals surface area (Å²) in [7, 11) is 0. The van der Waals surface area contributed by atoms with Gasteiger partial charge in [0.05, 0.1) is 11.6 Å². The molecule has 1 aromatic heterocycles. The first-order valence-corrected chi connectivity index (χ1v) is 16.2. The summed E-state index contributed by atoms with van der Waals surface area (Å²) in [6, 6.07) is -0.416. The van der Waals surface area contributed by atoms with Crippen LogP contribution in [0.25, 0.3) is 12.2 Å². The molecule has 1 saturated heterocycles. The Balaban J connectivity index is 1.74. The van der Waals surface area contributed by atoms with Crippen LogP contribution in [0.1, 0.15) is 75.4 Å². The molecule has 0 spiro atoms. The fourth-order valence-electron chi connectivity index (χ4n) is 6.54. The molecule has 0 aliphatic carbocycles. The van der Waals surface area contributed by atoms with Gasteiger partial charge in [-0.25, -0.2) is 0 Å². The van der Waals surface area contributed by atoms with Crippen molar-refractivity contribution in [2.24, 2.45) is 11.8 Å². The van der Waals surface area contributed by atoms with Gasteiger partial charge in [0.25, 0.3) is 5.91 Å². The number of aromatic amines is 1. The van der Waals surface area contributed by atoms with Crippen LogP contribution in [-0.4, -0.2) is 56.8 Å². The van der Waals surface area contributed by atoms with Gasteiger partial charge in [-0.05, 0) is 92.2 Å². The van der Waals surface area contributed by atoms with Crippen LogP contribution in [0.5, 0.6) is 0 Å². The van der Waals surface area contributed by atoms with Crippen molar-refractivity contribution < 1.29 is 29.4 Å². The monoisotopic (exact) mass is 654 g/mol. The molecule has 2 amide bonds. The molecule has 0 radical (unpaired) electrons. The van der Waals surface area contributed by atoms with Crippen molar-refractivity contribution in [2.75, 3.05) is 5.75 Å². The standard InChI is InChI=1S/C33H42N4O6S2/c1-15-20(6-8-29(38)39)26(34-23(15)12-25-18(4)31(19(5)45)33(43)36-25)14-27-21(7-9-30(40)41)16(2)24(35-27)13-28-22(10-11-44)17(3)32(42)37-28/h13-14,17,22-23,25,34-35,44-45H,5-12H2,1-4H3,(H,36,43)(H,37,42)(H,38,39)(H,40,41)/b26-14-,28-13-/t17-,22-,23?,25-/m1/s1. The second-order valence-corrected chi connectivity index (χ2v) is 13.0. The highest BCUT2D eigenvalue weighted by molar-refractivity contribution is 7.84. The Morgan fingerprint density at radius 3 is 2.20 bits per heavy atom. The molecule has 1 unspecified atom stereocenters. The minimum atomic E-state index is -0.915. The fraction of sp³-hybridized carbons (Fsp3) is 0.455. The number of hydrogen-bond donors (Lipinski definition) is 8. The van der Waals surface area contributed by atoms with E-state index in [2.05, 4.69) is 52.8 Å². The summed E-state index contributed by atoms with van der Waals surface area (Å²) in [6.45, 7) is 11.5. The molecule has 6 N–H and O–H groups in total. The smallest absolute Gasteiger partial charge is 0.303 e. The van der Waals surface area contributed by atoms with E-state index < -0.39 is 11.9 Å². The molecule has 242 valence electrons. The highest BCUT2D eigenvalue weighted by Gasteiger charge is 2.36. The van der Waals surface area contributed by atoms with Gasteiger partial charge in [0.2, 0.25) is 5.91 Å². The zero-order valence-corrected chi connectivity index (χ0v) is 27.8. The largest absolute Gasteiger partial charge is 0.481 e. The Labute approximate surface area is 274 Å². The van der Waals surface area contributed by atoms with Crippen LogP contribution < -0.4 is 16.0 Å². The van der Waals surface area contributed by atoms with Crippen LogP contribution in [0.15, 0.2) is 45.2 Å². The first-order valence-electron chi connectivity index (χ1n) is 15.1. The number of H-pyrrole nitrogens is 1. The van der Waals surface area contributed by atoms with E-state index in [0.717, 1.165) is 51.4 Å². The number of thiol groups is 2. The molecular weight excluding hydrogens is 613 g/mol. The van der Waals surface area contributed by atoms with E-state index >= 15 is 0 Å². The molecule has 12 heteroatoms. The Kier molecular flexibility index (Phi) is 10.8. The number of carbonyl (C=O) groups excluding carboxylic acids is 2. The molecule has 4 atom stereocenters. The summed E-state index contributed by atoms with van der Waals surface area (Å²) in [5.74, 6) is -1.62. The lowest BCUT2D eigenvalue weighted by atomic mass is 9.91. The average Bonchev–Trinajstić information content (AvgIpc) is 3.60. The van der Waals surface area contributed by atoms with Gasteiger partial charge in [-0.1, -0.05) is 13.5 Å². The van der Waals surface area contributed by atoms with Crippen molar-refractivity contribution in [3.63, 3.8) is 0 Å². The Bertz CT molecular complexity index is 1570. The number of aromatic nitrogens is 1. The normalized spacial score (nSPS) is 24.9. The SMILES string of the molecule is C=C(S)C1=C(C)[C@@H](CC2N/C(=C\c3[nH]c(/C=C4\NC(=O)[C@H](C)[C@H]4CCS)c(C)c3CCC(=O)O)C(CCC(=O)O)=C2C)NC1=O. The Hall–Kier alpha value is -3.64. The first kappa shape index (κ1) is 34.2. The predicted octanol–water partition coefficient (Wildman–Crippen LogP) is 4.53. The maximum atomic E-state index is 12.6. The second-order valence-electron chi connectivity index (χ2n) is 12.0. The van der Waals surface area contributed by atoms with E-state index in [9.17, 15) is 29.4 Å². The van der Waals surface area contributed by atoms with Crippen molar-refractivity contribution in [1.82, 2.24) is 20.9 Å². The van der Waals surface area contributed by atoms with E-state index in [1.165, 1.54) is 0 Å². The quantitative estimate of drug-likeness (QED) is 0.145. The molecular formula is C33H42N4O6S2. The number of carboxylic acids is 2. The Morgan fingerprint density at radius 2 is 1.60 bits per heavy atom. The molecule has 1 aromatic rings. The van der Waals surface area contributed by atoms with E-state index in [1.54, 1.807) is 0 Å². The lowest BCUT2D eigenvalue weighted by molar-refractivity contribution is -0.138. The summed E-state index contributed by atoms with van der Waals surface area (Å²) in [6.07, 6.45) is 5.59. The van der Waals surface area contributed by atoms with E-state index in [1.807, 2.05) is 39.8 Å². The van der Waals surface area contributed by atoms with Crippen molar-refractivity contribution in [2.45, 2.75) is 78.3 Å². The van der Waals surface area contributed by atoms with Gasteiger partial charge in [0.1, 0.15) is 0 Å². The van der Waals surface area contributed by atoms with Gasteiger partial charge in [-0.3, -0.25) is 19.2 Å². The van der Waals surface area contributed by atoms with Gasteiger partial charge in [0.15, 0.2) is 0 Å². The summed E-state index contributed by atoms with van der Waals surface area (Å²) >= 11 is 8.67. The van der Waals surface area contributed by atoms with Crippen LogP contribution >= 0.6 is 25.3 Å². The zero-order chi connectivity index (χ0) is 33.2. The van der Waals surface area contributed by atoms with Crippen LogP contribution in [-0.2, 0) is 25.6 Å². The summed E-state index contributed by atoms with van der Waals surface area (Å²) in [4.78, 5) is 52.1. The number of nitrogens with one attached hydrogen (secondary N) is 4. The molecule has 4 heterocycles. The third-order valence-electron chi connectivity index (χ3n) is 9.20. The van der Waals surface area contributed by atoms with Gasteiger partial charge >= 0.3 is 11.9 Å². The van der Waals surface area contributed by atoms with E-state index in [4.69, 9.17) is 0 Å². The molecule has 0 saturated carbocycles. The minimum absolute atomic E-state index is 0.00116. The highest BCUT2D eigenvalue weighted by atomic mass is 32.1. The molecule has 3 aliphatic rings. The van der Waals surface area contributed by atoms with Crippen molar-refractivity contribution in [3.05, 3.63) is 67.7 Å². The van der Waals surface area contributed by atoms with Gasteiger partial charge in [-0.15, -0.1) is 12.6 Å². The molecule has 3 aliphatic heterocycles.